The minimum atomic E-state index is 0.0190. The molecule has 0 bridgehead atoms. The Bertz CT molecular complexity index is 988. The van der Waals surface area contributed by atoms with Crippen LogP contribution in [0.15, 0.2) is 54.7 Å². The van der Waals surface area contributed by atoms with Crippen LogP contribution in [0.2, 0.25) is 0 Å². The van der Waals surface area contributed by atoms with Crippen LogP contribution in [0.5, 0.6) is 0 Å². The number of aryl methyl sites for hydroxylation is 1. The number of anilines is 5. The van der Waals surface area contributed by atoms with Crippen LogP contribution in [-0.4, -0.2) is 34.1 Å². The maximum Gasteiger partial charge on any atom is 0.227 e. The van der Waals surface area contributed by atoms with Gasteiger partial charge in [0.15, 0.2) is 0 Å². The molecule has 8 heteroatoms. The van der Waals surface area contributed by atoms with E-state index < -0.39 is 0 Å². The Morgan fingerprint density at radius 3 is 2.33 bits per heavy atom. The minimum Gasteiger partial charge on any atom is -0.381 e. The average Bonchev–Trinajstić information content (AvgIpc) is 2.76. The van der Waals surface area contributed by atoms with Crippen LogP contribution in [0.3, 0.4) is 0 Å². The van der Waals surface area contributed by atoms with Gasteiger partial charge in [-0.25, -0.2) is 15.0 Å². The van der Waals surface area contributed by atoms with Gasteiger partial charge < -0.3 is 20.7 Å². The Hall–Kier alpha value is -3.52. The van der Waals surface area contributed by atoms with E-state index in [1.54, 1.807) is 6.20 Å². The highest BCUT2D eigenvalue weighted by atomic mass is 16.5. The number of nitrogens with zero attached hydrogens (tertiary/aromatic N) is 3. The number of aromatic nitrogens is 3. The number of nitrogens with one attached hydrogen (secondary N) is 3. The molecule has 0 atom stereocenters. The Labute approximate surface area is 175 Å². The van der Waals surface area contributed by atoms with Gasteiger partial charge in [0.1, 0.15) is 23.3 Å². The second-order valence-corrected chi connectivity index (χ2v) is 7.10. The molecule has 1 aliphatic heterocycles. The molecule has 0 aliphatic carbocycles. The lowest BCUT2D eigenvalue weighted by Crippen LogP contribution is -2.28. The van der Waals surface area contributed by atoms with Crippen LogP contribution in [-0.2, 0) is 9.53 Å². The number of pyridine rings is 1. The predicted octanol–water partition coefficient (Wildman–Crippen LogP) is 4.03. The smallest absolute Gasteiger partial charge is 0.227 e. The summed E-state index contributed by atoms with van der Waals surface area (Å²) < 4.78 is 5.32. The molecule has 8 nitrogen and oxygen atoms in total. The van der Waals surface area contributed by atoms with E-state index >= 15 is 0 Å². The highest BCUT2D eigenvalue weighted by Crippen LogP contribution is 2.22. The first-order valence-electron chi connectivity index (χ1n) is 9.95. The normalized spacial score (nSPS) is 14.2. The molecule has 30 heavy (non-hydrogen) atoms. The maximum atomic E-state index is 12.4. The number of carbonyl (C=O) groups is 1. The summed E-state index contributed by atoms with van der Waals surface area (Å²) in [5, 5.41) is 9.43. The van der Waals surface area contributed by atoms with E-state index in [4.69, 9.17) is 4.74 Å². The third-order valence-corrected chi connectivity index (χ3v) is 4.78. The van der Waals surface area contributed by atoms with Crippen LogP contribution in [0.25, 0.3) is 0 Å². The fourth-order valence-electron chi connectivity index (χ4n) is 3.25. The molecule has 3 heterocycles. The average molecular weight is 404 g/mol. The van der Waals surface area contributed by atoms with Gasteiger partial charge in [0.25, 0.3) is 0 Å². The van der Waals surface area contributed by atoms with Crippen molar-refractivity contribution in [1.82, 2.24) is 15.0 Å². The molecule has 0 saturated carbocycles. The molecular weight excluding hydrogens is 380 g/mol. The van der Waals surface area contributed by atoms with Gasteiger partial charge in [-0.1, -0.05) is 6.07 Å². The van der Waals surface area contributed by atoms with Crippen molar-refractivity contribution >= 4 is 34.7 Å². The van der Waals surface area contributed by atoms with Gasteiger partial charge in [-0.15, -0.1) is 0 Å². The fourth-order valence-corrected chi connectivity index (χ4v) is 3.25. The summed E-state index contributed by atoms with van der Waals surface area (Å²) in [5.74, 6) is 2.75. The third-order valence-electron chi connectivity index (χ3n) is 4.78. The molecule has 1 aromatic carbocycles. The van der Waals surface area contributed by atoms with E-state index in [1.807, 2.05) is 55.5 Å². The Morgan fingerprint density at radius 2 is 1.63 bits per heavy atom. The van der Waals surface area contributed by atoms with Crippen molar-refractivity contribution in [3.05, 3.63) is 60.6 Å². The number of amides is 1. The lowest BCUT2D eigenvalue weighted by Gasteiger charge is -2.21. The van der Waals surface area contributed by atoms with Crippen molar-refractivity contribution in [3.8, 4) is 0 Å². The second-order valence-electron chi connectivity index (χ2n) is 7.10. The van der Waals surface area contributed by atoms with E-state index in [-0.39, 0.29) is 11.8 Å². The molecule has 2 aromatic heterocycles. The molecular formula is C22H24N6O2. The van der Waals surface area contributed by atoms with Crippen LogP contribution in [0.4, 0.5) is 28.8 Å². The van der Waals surface area contributed by atoms with Gasteiger partial charge in [-0.3, -0.25) is 4.79 Å². The standard InChI is InChI=1S/C22H24N6O2/c1-15-24-20(14-21(25-15)28-19-4-2-3-11-23-19)26-17-5-7-18(8-6-17)27-22(29)16-9-12-30-13-10-16/h2-8,11,14,16H,9-10,12-13H2,1H3,(H,27,29)(H2,23,24,25,26,28). The molecule has 3 N–H and O–H groups in total. The largest absolute Gasteiger partial charge is 0.381 e. The molecule has 1 fully saturated rings. The number of hydrogen-bond donors (Lipinski definition) is 3. The topological polar surface area (TPSA) is 101 Å². The van der Waals surface area contributed by atoms with Crippen LogP contribution in [0.1, 0.15) is 18.7 Å². The molecule has 1 aliphatic rings. The molecule has 4 rings (SSSR count). The van der Waals surface area contributed by atoms with Gasteiger partial charge >= 0.3 is 0 Å². The summed E-state index contributed by atoms with van der Waals surface area (Å²) in [5.41, 5.74) is 1.63. The Kier molecular flexibility index (Phi) is 6.14. The van der Waals surface area contributed by atoms with Gasteiger partial charge in [-0.2, -0.15) is 0 Å². The first kappa shape index (κ1) is 19.8. The van der Waals surface area contributed by atoms with E-state index in [9.17, 15) is 4.79 Å². The first-order chi connectivity index (χ1) is 14.7. The van der Waals surface area contributed by atoms with E-state index in [0.717, 1.165) is 24.2 Å². The minimum absolute atomic E-state index is 0.0190. The maximum absolute atomic E-state index is 12.4. The van der Waals surface area contributed by atoms with Gasteiger partial charge in [0.05, 0.1) is 0 Å². The van der Waals surface area contributed by atoms with E-state index in [0.29, 0.717) is 36.5 Å². The van der Waals surface area contributed by atoms with Crippen molar-refractivity contribution < 1.29 is 9.53 Å². The zero-order valence-electron chi connectivity index (χ0n) is 16.8. The van der Waals surface area contributed by atoms with Gasteiger partial charge in [-0.05, 0) is 56.2 Å². The summed E-state index contributed by atoms with van der Waals surface area (Å²) in [7, 11) is 0. The summed E-state index contributed by atoms with van der Waals surface area (Å²) >= 11 is 0. The number of rotatable bonds is 6. The fraction of sp³-hybridized carbons (Fsp3) is 0.273. The molecule has 0 unspecified atom stereocenters. The number of benzene rings is 1. The lowest BCUT2D eigenvalue weighted by atomic mass is 9.99. The van der Waals surface area contributed by atoms with Crippen molar-refractivity contribution in [2.45, 2.75) is 19.8 Å². The van der Waals surface area contributed by atoms with Crippen LogP contribution < -0.4 is 16.0 Å². The summed E-state index contributed by atoms with van der Waals surface area (Å²) in [4.78, 5) is 25.4. The van der Waals surface area contributed by atoms with E-state index in [2.05, 4.69) is 30.9 Å². The van der Waals surface area contributed by atoms with Crippen molar-refractivity contribution in [1.29, 1.82) is 0 Å². The number of ether oxygens (including phenoxy) is 1. The molecule has 1 amide bonds. The predicted molar refractivity (Wildman–Crippen MR) is 116 cm³/mol. The number of hydrogen-bond acceptors (Lipinski definition) is 7. The SMILES string of the molecule is Cc1nc(Nc2ccc(NC(=O)C3CCOCC3)cc2)cc(Nc2ccccn2)n1. The van der Waals surface area contributed by atoms with Gasteiger partial charge in [0.2, 0.25) is 5.91 Å². The second kappa shape index (κ2) is 9.32. The summed E-state index contributed by atoms with van der Waals surface area (Å²) in [6.45, 7) is 3.14. The molecule has 0 radical (unpaired) electrons. The first-order valence-corrected chi connectivity index (χ1v) is 9.95. The zero-order chi connectivity index (χ0) is 20.8. The van der Waals surface area contributed by atoms with E-state index in [1.165, 1.54) is 0 Å². The van der Waals surface area contributed by atoms with Crippen molar-refractivity contribution in [2.24, 2.45) is 5.92 Å². The van der Waals surface area contributed by atoms with Gasteiger partial charge in [0, 0.05) is 42.8 Å². The molecule has 154 valence electrons. The highest BCUT2D eigenvalue weighted by Gasteiger charge is 2.21. The Balaban J connectivity index is 1.40. The number of carbonyl (C=O) groups excluding carboxylic acids is 1. The zero-order valence-corrected chi connectivity index (χ0v) is 16.8. The van der Waals surface area contributed by atoms with Crippen LogP contribution in [0, 0.1) is 12.8 Å². The molecule has 0 spiro atoms. The molecule has 1 saturated heterocycles. The summed E-state index contributed by atoms with van der Waals surface area (Å²) in [6, 6.07) is 15.0. The molecule has 3 aromatic rings. The van der Waals surface area contributed by atoms with Crippen molar-refractivity contribution in [3.63, 3.8) is 0 Å². The third kappa shape index (κ3) is 5.30. The highest BCUT2D eigenvalue weighted by molar-refractivity contribution is 5.92. The van der Waals surface area contributed by atoms with Crippen LogP contribution >= 0.6 is 0 Å². The quantitative estimate of drug-likeness (QED) is 0.570. The lowest BCUT2D eigenvalue weighted by molar-refractivity contribution is -0.122. The Morgan fingerprint density at radius 1 is 0.933 bits per heavy atom. The summed E-state index contributed by atoms with van der Waals surface area (Å²) in [6.07, 6.45) is 3.26. The van der Waals surface area contributed by atoms with Crippen molar-refractivity contribution in [2.75, 3.05) is 29.2 Å². The monoisotopic (exact) mass is 404 g/mol.